The van der Waals surface area contributed by atoms with Gasteiger partial charge in [-0.05, 0) is 38.1 Å². The molecule has 0 spiro atoms. The van der Waals surface area contributed by atoms with Gasteiger partial charge in [-0.15, -0.1) is 0 Å². The summed E-state index contributed by atoms with van der Waals surface area (Å²) in [6, 6.07) is 9.96. The molecule has 168 valence electrons. The third-order valence-corrected chi connectivity index (χ3v) is 7.64. The lowest BCUT2D eigenvalue weighted by molar-refractivity contribution is -0.384. The van der Waals surface area contributed by atoms with Gasteiger partial charge in [0.25, 0.3) is 27.5 Å². The molecule has 0 bridgehead atoms. The normalized spacial score (nSPS) is 17.6. The molecule has 0 saturated carbocycles. The molecule has 11 heteroatoms. The molecule has 10 nitrogen and oxygen atoms in total. The first-order valence-corrected chi connectivity index (χ1v) is 11.6. The molecule has 0 radical (unpaired) electrons. The van der Waals surface area contributed by atoms with Crippen LogP contribution in [0, 0.1) is 10.1 Å². The molecule has 2 aliphatic rings. The fourth-order valence-corrected chi connectivity index (χ4v) is 5.84. The van der Waals surface area contributed by atoms with Crippen LogP contribution in [0.15, 0.2) is 47.4 Å². The van der Waals surface area contributed by atoms with E-state index in [1.165, 1.54) is 30.3 Å². The lowest BCUT2D eigenvalue weighted by atomic mass is 10.1. The summed E-state index contributed by atoms with van der Waals surface area (Å²) in [5, 5.41) is 11.0. The van der Waals surface area contributed by atoms with Crippen LogP contribution in [0.4, 0.5) is 11.4 Å². The first-order chi connectivity index (χ1) is 15.1. The zero-order valence-electron chi connectivity index (χ0n) is 17.6. The maximum atomic E-state index is 13.0. The van der Waals surface area contributed by atoms with E-state index >= 15 is 0 Å². The summed E-state index contributed by atoms with van der Waals surface area (Å²) in [5.41, 5.74) is 0.993. The van der Waals surface area contributed by atoms with E-state index in [4.69, 9.17) is 0 Å². The van der Waals surface area contributed by atoms with E-state index in [0.29, 0.717) is 31.9 Å². The van der Waals surface area contributed by atoms with Gasteiger partial charge in [-0.25, -0.2) is 12.7 Å². The summed E-state index contributed by atoms with van der Waals surface area (Å²) in [6.07, 6.45) is 0. The molecule has 2 aromatic rings. The minimum absolute atomic E-state index is 0.00495. The van der Waals surface area contributed by atoms with Gasteiger partial charge in [0, 0.05) is 55.6 Å². The Kier molecular flexibility index (Phi) is 5.37. The van der Waals surface area contributed by atoms with Gasteiger partial charge >= 0.3 is 0 Å². The molecule has 2 aliphatic heterocycles. The summed E-state index contributed by atoms with van der Waals surface area (Å²) in [6.45, 7) is 4.96. The molecule has 0 atom stereocenters. The Labute approximate surface area is 185 Å². The number of benzene rings is 2. The van der Waals surface area contributed by atoms with E-state index in [-0.39, 0.29) is 27.6 Å². The first kappa shape index (κ1) is 21.8. The topological polar surface area (TPSA) is 121 Å². The Bertz CT molecular complexity index is 1220. The lowest BCUT2D eigenvalue weighted by Gasteiger charge is -2.36. The molecule has 2 aromatic carbocycles. The lowest BCUT2D eigenvalue weighted by Crippen LogP contribution is -2.48. The van der Waals surface area contributed by atoms with Crippen molar-refractivity contribution in [3.8, 4) is 0 Å². The van der Waals surface area contributed by atoms with Crippen molar-refractivity contribution in [1.29, 1.82) is 0 Å². The van der Waals surface area contributed by atoms with Crippen molar-refractivity contribution >= 4 is 33.2 Å². The molecule has 0 unspecified atom stereocenters. The monoisotopic (exact) mass is 458 g/mol. The Morgan fingerprint density at radius 2 is 1.75 bits per heavy atom. The van der Waals surface area contributed by atoms with Gasteiger partial charge in [0.15, 0.2) is 0 Å². The maximum Gasteiger partial charge on any atom is 0.271 e. The smallest absolute Gasteiger partial charge is 0.271 e. The maximum absolute atomic E-state index is 13.0. The highest BCUT2D eigenvalue weighted by atomic mass is 32.2. The number of nitrogens with zero attached hydrogens (tertiary/aromatic N) is 4. The zero-order valence-corrected chi connectivity index (χ0v) is 18.4. The van der Waals surface area contributed by atoms with E-state index in [9.17, 15) is 28.1 Å². The summed E-state index contributed by atoms with van der Waals surface area (Å²) in [5.74, 6) is -0.906. The molecule has 1 fully saturated rings. The van der Waals surface area contributed by atoms with Crippen molar-refractivity contribution in [3.05, 3.63) is 63.7 Å². The van der Waals surface area contributed by atoms with Crippen molar-refractivity contribution in [2.75, 3.05) is 31.1 Å². The van der Waals surface area contributed by atoms with Gasteiger partial charge in [-0.1, -0.05) is 6.07 Å². The van der Waals surface area contributed by atoms with Crippen LogP contribution < -0.4 is 4.90 Å². The van der Waals surface area contributed by atoms with Gasteiger partial charge in [-0.2, -0.15) is 0 Å². The Balaban J connectivity index is 1.51. The number of carbonyl (C=O) groups excluding carboxylic acids is 2. The minimum Gasteiger partial charge on any atom is -0.368 e. The predicted octanol–water partition coefficient (Wildman–Crippen LogP) is 2.11. The first-order valence-electron chi connectivity index (χ1n) is 10.1. The standard InChI is InChI=1S/C21H22N4O6S/c1-14(2)24-21(27)18-7-6-15(12-19(18)32(24,30)31)20(26)23-10-8-22(9-11-23)16-4-3-5-17(13-16)25(28)29/h3-7,12-14H,8-11H2,1-2H3. The molecule has 4 rings (SSSR count). The average Bonchev–Trinajstić information content (AvgIpc) is 2.98. The highest BCUT2D eigenvalue weighted by molar-refractivity contribution is 7.90. The summed E-state index contributed by atoms with van der Waals surface area (Å²) in [4.78, 5) is 39.5. The summed E-state index contributed by atoms with van der Waals surface area (Å²) >= 11 is 0. The number of fused-ring (bicyclic) bond motifs is 1. The predicted molar refractivity (Wildman–Crippen MR) is 116 cm³/mol. The van der Waals surface area contributed by atoms with Crippen molar-refractivity contribution in [3.63, 3.8) is 0 Å². The largest absolute Gasteiger partial charge is 0.368 e. The van der Waals surface area contributed by atoms with Crippen LogP contribution in [0.1, 0.15) is 34.6 Å². The average molecular weight is 458 g/mol. The van der Waals surface area contributed by atoms with Crippen LogP contribution >= 0.6 is 0 Å². The van der Waals surface area contributed by atoms with E-state index < -0.39 is 26.9 Å². The summed E-state index contributed by atoms with van der Waals surface area (Å²) < 4.78 is 26.4. The SMILES string of the molecule is CC(C)N1C(=O)c2ccc(C(=O)N3CCN(c4cccc([N+](=O)[O-])c4)CC3)cc2S1(=O)=O. The second-order valence-electron chi connectivity index (χ2n) is 7.97. The number of nitro benzene ring substituents is 1. The van der Waals surface area contributed by atoms with Gasteiger partial charge in [-0.3, -0.25) is 19.7 Å². The number of anilines is 1. The zero-order chi connectivity index (χ0) is 23.2. The molecule has 2 amide bonds. The van der Waals surface area contributed by atoms with Crippen molar-refractivity contribution < 1.29 is 22.9 Å². The molecule has 0 aromatic heterocycles. The van der Waals surface area contributed by atoms with E-state index in [2.05, 4.69) is 0 Å². The van der Waals surface area contributed by atoms with Crippen LogP contribution in [0.5, 0.6) is 0 Å². The number of rotatable bonds is 4. The fraction of sp³-hybridized carbons (Fsp3) is 0.333. The Morgan fingerprint density at radius 3 is 2.38 bits per heavy atom. The highest BCUT2D eigenvalue weighted by Crippen LogP contribution is 2.33. The quantitative estimate of drug-likeness (QED) is 0.508. The van der Waals surface area contributed by atoms with Crippen molar-refractivity contribution in [2.24, 2.45) is 0 Å². The number of nitro groups is 1. The van der Waals surface area contributed by atoms with Crippen LogP contribution in [0.2, 0.25) is 0 Å². The number of carbonyl (C=O) groups is 2. The fourth-order valence-electron chi connectivity index (χ4n) is 4.04. The molecular weight excluding hydrogens is 436 g/mol. The second-order valence-corrected chi connectivity index (χ2v) is 9.75. The second kappa shape index (κ2) is 7.90. The van der Waals surface area contributed by atoms with Gasteiger partial charge < -0.3 is 9.80 Å². The van der Waals surface area contributed by atoms with Crippen LogP contribution in [0.25, 0.3) is 0 Å². The van der Waals surface area contributed by atoms with E-state index in [1.807, 2.05) is 4.90 Å². The Hall–Kier alpha value is -3.47. The number of amides is 2. The van der Waals surface area contributed by atoms with Crippen LogP contribution in [-0.2, 0) is 10.0 Å². The third-order valence-electron chi connectivity index (χ3n) is 5.64. The van der Waals surface area contributed by atoms with Gasteiger partial charge in [0.2, 0.25) is 0 Å². The van der Waals surface area contributed by atoms with E-state index in [0.717, 1.165) is 4.31 Å². The highest BCUT2D eigenvalue weighted by Gasteiger charge is 2.43. The Morgan fingerprint density at radius 1 is 1.06 bits per heavy atom. The molecule has 2 heterocycles. The number of hydrogen-bond acceptors (Lipinski definition) is 7. The molecule has 1 saturated heterocycles. The molecule has 0 N–H and O–H groups in total. The number of hydrogen-bond donors (Lipinski definition) is 0. The minimum atomic E-state index is -3.99. The van der Waals surface area contributed by atoms with E-state index in [1.54, 1.807) is 30.9 Å². The van der Waals surface area contributed by atoms with Crippen LogP contribution in [0.3, 0.4) is 0 Å². The number of non-ortho nitro benzene ring substituents is 1. The van der Waals surface area contributed by atoms with Crippen LogP contribution in [-0.4, -0.2) is 66.6 Å². The van der Waals surface area contributed by atoms with Gasteiger partial charge in [0.05, 0.1) is 10.5 Å². The molecule has 32 heavy (non-hydrogen) atoms. The third kappa shape index (κ3) is 3.58. The number of sulfonamides is 1. The van der Waals surface area contributed by atoms with Gasteiger partial charge in [0.1, 0.15) is 4.90 Å². The van der Waals surface area contributed by atoms with Crippen molar-refractivity contribution in [1.82, 2.24) is 9.21 Å². The summed E-state index contributed by atoms with van der Waals surface area (Å²) in [7, 11) is -3.99. The number of piperazine rings is 1. The molecular formula is C21H22N4O6S. The molecule has 0 aliphatic carbocycles. The van der Waals surface area contributed by atoms with Crippen molar-refractivity contribution in [2.45, 2.75) is 24.8 Å².